The summed E-state index contributed by atoms with van der Waals surface area (Å²) in [6.45, 7) is 2.47. The van der Waals surface area contributed by atoms with Gasteiger partial charge in [-0.15, -0.1) is 0 Å². The molecular weight excluding hydrogens is 302 g/mol. The molecule has 1 fully saturated rings. The maximum absolute atomic E-state index is 11.5. The summed E-state index contributed by atoms with van der Waals surface area (Å²) < 4.78 is 28.4. The van der Waals surface area contributed by atoms with Gasteiger partial charge in [-0.05, 0) is 26.5 Å². The topological polar surface area (TPSA) is 76.3 Å². The summed E-state index contributed by atoms with van der Waals surface area (Å²) in [4.78, 5) is 6.37. The maximum Gasteiger partial charge on any atom is 0.241 e. The summed E-state index contributed by atoms with van der Waals surface area (Å²) >= 11 is 0. The first-order valence-corrected chi connectivity index (χ1v) is 9.05. The molecule has 1 aromatic carbocycles. The molecule has 1 aliphatic heterocycles. The molecule has 0 saturated carbocycles. The fourth-order valence-corrected chi connectivity index (χ4v) is 4.49. The molecule has 0 aliphatic carbocycles. The van der Waals surface area contributed by atoms with E-state index >= 15 is 0 Å². The van der Waals surface area contributed by atoms with Crippen LogP contribution in [0.25, 0.3) is 11.4 Å². The number of benzene rings is 1. The molecule has 0 radical (unpaired) electrons. The SMILES string of the molecule is Cc1cccc(-c2noc(CN(C)C3CCS(=O)(=O)C3)n2)c1. The van der Waals surface area contributed by atoms with Gasteiger partial charge in [0.1, 0.15) is 0 Å². The molecule has 3 rings (SSSR count). The van der Waals surface area contributed by atoms with Crippen molar-refractivity contribution in [3.63, 3.8) is 0 Å². The lowest BCUT2D eigenvalue weighted by molar-refractivity contribution is 0.218. The van der Waals surface area contributed by atoms with Gasteiger partial charge < -0.3 is 4.52 Å². The van der Waals surface area contributed by atoms with E-state index in [4.69, 9.17) is 4.52 Å². The summed E-state index contributed by atoms with van der Waals surface area (Å²) in [5.41, 5.74) is 2.05. The van der Waals surface area contributed by atoms with E-state index in [0.717, 1.165) is 11.1 Å². The molecule has 1 saturated heterocycles. The Bertz CT molecular complexity index is 770. The number of hydrogen-bond donors (Lipinski definition) is 0. The molecule has 1 aliphatic rings. The lowest BCUT2D eigenvalue weighted by Gasteiger charge is -2.20. The molecule has 2 heterocycles. The molecule has 0 spiro atoms. The van der Waals surface area contributed by atoms with Crippen LogP contribution in [-0.4, -0.2) is 48.1 Å². The molecule has 0 bridgehead atoms. The van der Waals surface area contributed by atoms with Crippen LogP contribution >= 0.6 is 0 Å². The number of aryl methyl sites for hydroxylation is 1. The minimum absolute atomic E-state index is 0.0271. The van der Waals surface area contributed by atoms with Gasteiger partial charge in [0.05, 0.1) is 18.1 Å². The Kier molecular flexibility index (Phi) is 4.01. The average Bonchev–Trinajstić information content (AvgIpc) is 3.05. The van der Waals surface area contributed by atoms with Gasteiger partial charge in [-0.3, -0.25) is 4.90 Å². The highest BCUT2D eigenvalue weighted by molar-refractivity contribution is 7.91. The fraction of sp³-hybridized carbons (Fsp3) is 0.467. The van der Waals surface area contributed by atoms with E-state index in [2.05, 4.69) is 10.1 Å². The van der Waals surface area contributed by atoms with E-state index in [1.807, 2.05) is 43.1 Å². The Hall–Kier alpha value is -1.73. The largest absolute Gasteiger partial charge is 0.338 e. The molecule has 22 heavy (non-hydrogen) atoms. The summed E-state index contributed by atoms with van der Waals surface area (Å²) in [6.07, 6.45) is 0.664. The normalized spacial score (nSPS) is 20.6. The Morgan fingerprint density at radius 1 is 1.41 bits per heavy atom. The zero-order valence-corrected chi connectivity index (χ0v) is 13.5. The van der Waals surface area contributed by atoms with E-state index in [-0.39, 0.29) is 17.5 Å². The summed E-state index contributed by atoms with van der Waals surface area (Å²) in [5.74, 6) is 1.54. The van der Waals surface area contributed by atoms with E-state index in [0.29, 0.717) is 24.7 Å². The second-order valence-electron chi connectivity index (χ2n) is 5.85. The number of sulfone groups is 1. The van der Waals surface area contributed by atoms with Gasteiger partial charge >= 0.3 is 0 Å². The number of hydrogen-bond acceptors (Lipinski definition) is 6. The maximum atomic E-state index is 11.5. The van der Waals surface area contributed by atoms with E-state index in [1.165, 1.54) is 0 Å². The van der Waals surface area contributed by atoms with Crippen molar-refractivity contribution in [3.8, 4) is 11.4 Å². The van der Waals surface area contributed by atoms with Crippen molar-refractivity contribution in [2.45, 2.75) is 25.9 Å². The zero-order chi connectivity index (χ0) is 15.7. The number of nitrogens with zero attached hydrogens (tertiary/aromatic N) is 3. The second kappa shape index (κ2) is 5.81. The third kappa shape index (κ3) is 3.36. The van der Waals surface area contributed by atoms with E-state index in [1.54, 1.807) is 0 Å². The zero-order valence-electron chi connectivity index (χ0n) is 12.7. The monoisotopic (exact) mass is 321 g/mol. The van der Waals surface area contributed by atoms with Crippen LogP contribution in [0.3, 0.4) is 0 Å². The van der Waals surface area contributed by atoms with E-state index < -0.39 is 9.84 Å². The lowest BCUT2D eigenvalue weighted by atomic mass is 10.1. The van der Waals surface area contributed by atoms with Gasteiger partial charge in [0.2, 0.25) is 11.7 Å². The minimum Gasteiger partial charge on any atom is -0.338 e. The van der Waals surface area contributed by atoms with Crippen molar-refractivity contribution in [2.24, 2.45) is 0 Å². The van der Waals surface area contributed by atoms with Crippen molar-refractivity contribution in [1.29, 1.82) is 0 Å². The molecule has 0 N–H and O–H groups in total. The van der Waals surface area contributed by atoms with Gasteiger partial charge in [-0.2, -0.15) is 4.98 Å². The fourth-order valence-electron chi connectivity index (χ4n) is 2.69. The Labute approximate surface area is 130 Å². The predicted molar refractivity (Wildman–Crippen MR) is 83.0 cm³/mol. The van der Waals surface area contributed by atoms with Crippen LogP contribution in [0.1, 0.15) is 17.9 Å². The van der Waals surface area contributed by atoms with Crippen LogP contribution in [-0.2, 0) is 16.4 Å². The molecule has 118 valence electrons. The third-order valence-electron chi connectivity index (χ3n) is 3.96. The van der Waals surface area contributed by atoms with Crippen molar-refractivity contribution >= 4 is 9.84 Å². The van der Waals surface area contributed by atoms with Crippen LogP contribution in [0, 0.1) is 6.92 Å². The highest BCUT2D eigenvalue weighted by Crippen LogP contribution is 2.20. The van der Waals surface area contributed by atoms with Crippen molar-refractivity contribution in [1.82, 2.24) is 15.0 Å². The van der Waals surface area contributed by atoms with Crippen molar-refractivity contribution in [2.75, 3.05) is 18.6 Å². The summed E-state index contributed by atoms with van der Waals surface area (Å²) in [6, 6.07) is 7.94. The molecule has 6 nitrogen and oxygen atoms in total. The first kappa shape index (κ1) is 15.2. The molecule has 1 aromatic heterocycles. The Morgan fingerprint density at radius 3 is 2.91 bits per heavy atom. The van der Waals surface area contributed by atoms with Crippen LogP contribution in [0.5, 0.6) is 0 Å². The van der Waals surface area contributed by atoms with Crippen molar-refractivity contribution < 1.29 is 12.9 Å². The smallest absolute Gasteiger partial charge is 0.241 e. The van der Waals surface area contributed by atoms with Crippen LogP contribution in [0.15, 0.2) is 28.8 Å². The highest BCUT2D eigenvalue weighted by atomic mass is 32.2. The van der Waals surface area contributed by atoms with Crippen molar-refractivity contribution in [3.05, 3.63) is 35.7 Å². The lowest BCUT2D eigenvalue weighted by Crippen LogP contribution is -2.32. The summed E-state index contributed by atoms with van der Waals surface area (Å²) in [5, 5.41) is 4.00. The molecule has 1 unspecified atom stereocenters. The first-order chi connectivity index (χ1) is 10.4. The van der Waals surface area contributed by atoms with Gasteiger partial charge in [-0.1, -0.05) is 28.9 Å². The molecule has 0 amide bonds. The van der Waals surface area contributed by atoms with Crippen LogP contribution in [0.2, 0.25) is 0 Å². The predicted octanol–water partition coefficient (Wildman–Crippen LogP) is 1.66. The molecule has 2 aromatic rings. The minimum atomic E-state index is -2.88. The Balaban J connectivity index is 1.69. The number of rotatable bonds is 4. The van der Waals surface area contributed by atoms with Crippen LogP contribution in [0.4, 0.5) is 0 Å². The Morgan fingerprint density at radius 2 is 2.23 bits per heavy atom. The van der Waals surface area contributed by atoms with Gasteiger partial charge in [0, 0.05) is 11.6 Å². The number of aromatic nitrogens is 2. The first-order valence-electron chi connectivity index (χ1n) is 7.23. The second-order valence-corrected chi connectivity index (χ2v) is 8.08. The van der Waals surface area contributed by atoms with Gasteiger partial charge in [-0.25, -0.2) is 8.42 Å². The standard InChI is InChI=1S/C15H19N3O3S/c1-11-4-3-5-12(8-11)15-16-14(21-17-15)9-18(2)13-6-7-22(19,20)10-13/h3-5,8,13H,6-7,9-10H2,1-2H3. The van der Waals surface area contributed by atoms with Gasteiger partial charge in [0.25, 0.3) is 0 Å². The third-order valence-corrected chi connectivity index (χ3v) is 5.71. The highest BCUT2D eigenvalue weighted by Gasteiger charge is 2.31. The quantitative estimate of drug-likeness (QED) is 0.852. The molecule has 7 heteroatoms. The van der Waals surface area contributed by atoms with Crippen LogP contribution < -0.4 is 0 Å². The van der Waals surface area contributed by atoms with Gasteiger partial charge in [0.15, 0.2) is 9.84 Å². The molecule has 1 atom stereocenters. The average molecular weight is 321 g/mol. The molecular formula is C15H19N3O3S. The van der Waals surface area contributed by atoms with E-state index in [9.17, 15) is 8.42 Å². The summed E-state index contributed by atoms with van der Waals surface area (Å²) in [7, 11) is -0.993.